The van der Waals surface area contributed by atoms with Gasteiger partial charge in [-0.15, -0.1) is 0 Å². The zero-order valence-electron chi connectivity index (χ0n) is 18.7. The van der Waals surface area contributed by atoms with Crippen molar-refractivity contribution in [2.45, 2.75) is 51.4 Å². The maximum absolute atomic E-state index is 15.1. The highest BCUT2D eigenvalue weighted by atomic mass is 35.5. The summed E-state index contributed by atoms with van der Waals surface area (Å²) in [6, 6.07) is 14.8. The van der Waals surface area contributed by atoms with Crippen LogP contribution in [0.5, 0.6) is 0 Å². The number of hydrogen-bond donors (Lipinski definition) is 0. The number of ether oxygens (including phenoxy) is 1. The number of halogens is 3. The van der Waals surface area contributed by atoms with Crippen LogP contribution in [0.25, 0.3) is 10.8 Å². The molecule has 0 N–H and O–H groups in total. The molecule has 0 saturated heterocycles. The zero-order chi connectivity index (χ0) is 22.5. The summed E-state index contributed by atoms with van der Waals surface area (Å²) in [6.45, 7) is 0.890. The van der Waals surface area contributed by atoms with E-state index in [0.29, 0.717) is 23.8 Å². The molecule has 1 saturated carbocycles. The van der Waals surface area contributed by atoms with E-state index in [9.17, 15) is 4.39 Å². The normalized spacial score (nSPS) is 18.9. The Hall–Kier alpha value is -1.97. The van der Waals surface area contributed by atoms with Crippen molar-refractivity contribution >= 4 is 22.4 Å². The molecular formula is C28H31ClF2O. The Morgan fingerprint density at radius 1 is 0.844 bits per heavy atom. The molecule has 1 aliphatic carbocycles. The maximum Gasteiger partial charge on any atom is 0.142 e. The maximum atomic E-state index is 15.1. The van der Waals surface area contributed by atoms with Crippen LogP contribution in [0, 0.1) is 23.5 Å². The van der Waals surface area contributed by atoms with Gasteiger partial charge in [0.25, 0.3) is 0 Å². The summed E-state index contributed by atoms with van der Waals surface area (Å²) in [4.78, 5) is 0. The monoisotopic (exact) mass is 456 g/mol. The van der Waals surface area contributed by atoms with E-state index in [1.165, 1.54) is 43.7 Å². The number of aryl methyl sites for hydroxylation is 3. The molecule has 0 unspecified atom stereocenters. The fourth-order valence-corrected chi connectivity index (χ4v) is 5.12. The number of hydrogen-bond acceptors (Lipinski definition) is 1. The van der Waals surface area contributed by atoms with Gasteiger partial charge in [0.2, 0.25) is 0 Å². The fourth-order valence-electron chi connectivity index (χ4n) is 5.00. The van der Waals surface area contributed by atoms with Gasteiger partial charge in [-0.05, 0) is 84.6 Å². The van der Waals surface area contributed by atoms with E-state index in [0.717, 1.165) is 35.8 Å². The summed E-state index contributed by atoms with van der Waals surface area (Å²) in [5.41, 5.74) is 2.76. The van der Waals surface area contributed by atoms with Crippen LogP contribution in [0.15, 0.2) is 48.5 Å². The Morgan fingerprint density at radius 3 is 2.31 bits per heavy atom. The third-order valence-electron chi connectivity index (χ3n) is 6.98. The number of methoxy groups -OCH3 is 1. The lowest BCUT2D eigenvalue weighted by Crippen LogP contribution is -2.18. The van der Waals surface area contributed by atoms with Gasteiger partial charge in [-0.3, -0.25) is 0 Å². The highest BCUT2D eigenvalue weighted by Gasteiger charge is 2.21. The predicted octanol–water partition coefficient (Wildman–Crippen LogP) is 7.94. The van der Waals surface area contributed by atoms with Crippen molar-refractivity contribution in [2.75, 3.05) is 13.7 Å². The summed E-state index contributed by atoms with van der Waals surface area (Å²) in [5, 5.41) is 1.72. The first kappa shape index (κ1) is 23.2. The topological polar surface area (TPSA) is 9.23 Å². The number of fused-ring (bicyclic) bond motifs is 1. The molecule has 3 aromatic carbocycles. The van der Waals surface area contributed by atoms with Crippen LogP contribution < -0.4 is 0 Å². The van der Waals surface area contributed by atoms with Crippen molar-refractivity contribution < 1.29 is 13.5 Å². The molecular weight excluding hydrogens is 426 g/mol. The quantitative estimate of drug-likeness (QED) is 0.334. The molecule has 170 valence electrons. The molecule has 1 nitrogen and oxygen atoms in total. The molecule has 0 spiro atoms. The molecule has 32 heavy (non-hydrogen) atoms. The van der Waals surface area contributed by atoms with E-state index in [1.807, 2.05) is 18.2 Å². The minimum atomic E-state index is -0.432. The second-order valence-corrected chi connectivity index (χ2v) is 9.63. The molecule has 0 amide bonds. The van der Waals surface area contributed by atoms with Crippen molar-refractivity contribution in [2.24, 2.45) is 11.8 Å². The summed E-state index contributed by atoms with van der Waals surface area (Å²) in [5.74, 6) is 0.919. The van der Waals surface area contributed by atoms with Crippen LogP contribution in [0.4, 0.5) is 8.78 Å². The molecule has 4 rings (SSSR count). The van der Waals surface area contributed by atoms with Gasteiger partial charge in [-0.25, -0.2) is 8.78 Å². The lowest BCUT2D eigenvalue weighted by atomic mass is 9.80. The average molecular weight is 457 g/mol. The summed E-state index contributed by atoms with van der Waals surface area (Å²) in [7, 11) is 1.79. The second kappa shape index (κ2) is 10.8. The molecule has 0 heterocycles. The first-order valence-electron chi connectivity index (χ1n) is 11.7. The third kappa shape index (κ3) is 5.68. The van der Waals surface area contributed by atoms with Gasteiger partial charge in [0.05, 0.1) is 5.02 Å². The van der Waals surface area contributed by atoms with Gasteiger partial charge in [0.15, 0.2) is 0 Å². The van der Waals surface area contributed by atoms with Gasteiger partial charge in [-0.2, -0.15) is 0 Å². The smallest absolute Gasteiger partial charge is 0.142 e. The lowest BCUT2D eigenvalue weighted by Gasteiger charge is -2.28. The van der Waals surface area contributed by atoms with Gasteiger partial charge in [-0.1, -0.05) is 60.8 Å². The Kier molecular flexibility index (Phi) is 7.80. The van der Waals surface area contributed by atoms with Gasteiger partial charge >= 0.3 is 0 Å². The molecule has 0 aromatic heterocycles. The predicted molar refractivity (Wildman–Crippen MR) is 128 cm³/mol. The SMILES string of the molecule is COCC1CCC(CCc2ccc3c(F)c(CCc4ccc(Cl)c(F)c4)ccc3c2)CC1. The summed E-state index contributed by atoms with van der Waals surface area (Å²) < 4.78 is 34.1. The van der Waals surface area contributed by atoms with Crippen LogP contribution in [0.1, 0.15) is 48.8 Å². The Bertz CT molecular complexity index is 1060. The second-order valence-electron chi connectivity index (χ2n) is 9.22. The van der Waals surface area contributed by atoms with E-state index in [-0.39, 0.29) is 10.8 Å². The van der Waals surface area contributed by atoms with Gasteiger partial charge in [0.1, 0.15) is 11.6 Å². The van der Waals surface area contributed by atoms with Gasteiger partial charge in [0, 0.05) is 19.1 Å². The standard InChI is InChI=1S/C28H31ClF2O/c1-32-18-22-6-3-19(4-7-22)2-5-20-9-14-25-24(16-20)13-12-23(28(25)31)11-8-21-10-15-26(29)27(30)17-21/h9-10,12-17,19,22H,2-8,11,18H2,1H3. The first-order valence-corrected chi connectivity index (χ1v) is 12.0. The molecule has 0 bridgehead atoms. The third-order valence-corrected chi connectivity index (χ3v) is 7.28. The minimum Gasteiger partial charge on any atom is -0.384 e. The Morgan fingerprint density at radius 2 is 1.56 bits per heavy atom. The summed E-state index contributed by atoms with van der Waals surface area (Å²) >= 11 is 5.75. The van der Waals surface area contributed by atoms with E-state index in [4.69, 9.17) is 16.3 Å². The molecule has 4 heteroatoms. The van der Waals surface area contributed by atoms with Gasteiger partial charge < -0.3 is 4.74 Å². The molecule has 0 aliphatic heterocycles. The van der Waals surface area contributed by atoms with Crippen LogP contribution in [0.3, 0.4) is 0 Å². The summed E-state index contributed by atoms with van der Waals surface area (Å²) in [6.07, 6.45) is 8.45. The molecule has 0 radical (unpaired) electrons. The Balaban J connectivity index is 1.37. The van der Waals surface area contributed by atoms with Crippen LogP contribution in [-0.2, 0) is 24.0 Å². The first-order chi connectivity index (χ1) is 15.5. The van der Waals surface area contributed by atoms with Crippen molar-refractivity contribution in [3.05, 3.63) is 81.9 Å². The van der Waals surface area contributed by atoms with Crippen LogP contribution in [0.2, 0.25) is 5.02 Å². The number of benzene rings is 3. The largest absolute Gasteiger partial charge is 0.384 e. The van der Waals surface area contributed by atoms with Crippen LogP contribution in [-0.4, -0.2) is 13.7 Å². The van der Waals surface area contributed by atoms with Crippen molar-refractivity contribution in [1.82, 2.24) is 0 Å². The lowest BCUT2D eigenvalue weighted by molar-refractivity contribution is 0.117. The molecule has 1 fully saturated rings. The number of rotatable bonds is 8. The molecule has 1 aliphatic rings. The van der Waals surface area contributed by atoms with Crippen molar-refractivity contribution in [3.63, 3.8) is 0 Å². The average Bonchev–Trinajstić information content (AvgIpc) is 2.80. The fraction of sp³-hybridized carbons (Fsp3) is 0.429. The van der Waals surface area contributed by atoms with E-state index >= 15 is 4.39 Å². The van der Waals surface area contributed by atoms with E-state index < -0.39 is 5.82 Å². The van der Waals surface area contributed by atoms with Crippen molar-refractivity contribution in [3.8, 4) is 0 Å². The molecule has 3 aromatic rings. The highest BCUT2D eigenvalue weighted by molar-refractivity contribution is 6.30. The van der Waals surface area contributed by atoms with Crippen LogP contribution >= 0.6 is 11.6 Å². The van der Waals surface area contributed by atoms with Crippen molar-refractivity contribution in [1.29, 1.82) is 0 Å². The minimum absolute atomic E-state index is 0.111. The van der Waals surface area contributed by atoms with E-state index in [2.05, 4.69) is 12.1 Å². The van der Waals surface area contributed by atoms with E-state index in [1.54, 1.807) is 19.2 Å². The Labute approximate surface area is 194 Å². The molecule has 0 atom stereocenters. The highest BCUT2D eigenvalue weighted by Crippen LogP contribution is 2.32. The zero-order valence-corrected chi connectivity index (χ0v) is 19.4.